The first-order chi connectivity index (χ1) is 12.3. The van der Waals surface area contributed by atoms with Crippen LogP contribution >= 0.6 is 11.8 Å². The van der Waals surface area contributed by atoms with Crippen LogP contribution in [0, 0.1) is 0 Å². The van der Waals surface area contributed by atoms with Crippen LogP contribution in [-0.4, -0.2) is 35.0 Å². The number of thioether (sulfide) groups is 1. The van der Waals surface area contributed by atoms with Crippen LogP contribution in [0.5, 0.6) is 0 Å². The molecule has 4 rings (SSSR count). The van der Waals surface area contributed by atoms with Crippen LogP contribution in [0.2, 0.25) is 0 Å². The van der Waals surface area contributed by atoms with Crippen molar-refractivity contribution in [3.05, 3.63) is 54.6 Å². The maximum absolute atomic E-state index is 4.40. The van der Waals surface area contributed by atoms with Crippen molar-refractivity contribution in [3.63, 3.8) is 0 Å². The number of hydrogen-bond acceptors (Lipinski definition) is 6. The first-order valence-corrected chi connectivity index (χ1v) is 9.20. The highest BCUT2D eigenvalue weighted by atomic mass is 32.2. The Morgan fingerprint density at radius 3 is 2.76 bits per heavy atom. The SMILES string of the molecule is C=CCn1c(SC(C)c2nnnn2-c2ccccc2)nnc1C1CC1. The van der Waals surface area contributed by atoms with E-state index in [0.717, 1.165) is 29.0 Å². The molecular formula is C17H19N7S. The third kappa shape index (κ3) is 3.21. The highest BCUT2D eigenvalue weighted by Crippen LogP contribution is 2.41. The van der Waals surface area contributed by atoms with Crippen molar-refractivity contribution in [3.8, 4) is 5.69 Å². The largest absolute Gasteiger partial charge is 0.302 e. The Hall–Kier alpha value is -2.48. The van der Waals surface area contributed by atoms with E-state index < -0.39 is 0 Å². The van der Waals surface area contributed by atoms with Gasteiger partial charge in [0.15, 0.2) is 11.0 Å². The molecule has 3 aromatic rings. The number of aromatic nitrogens is 7. The zero-order valence-corrected chi connectivity index (χ0v) is 14.8. The fraction of sp³-hybridized carbons (Fsp3) is 0.353. The van der Waals surface area contributed by atoms with Gasteiger partial charge in [-0.25, -0.2) is 0 Å². The van der Waals surface area contributed by atoms with Crippen molar-refractivity contribution >= 4 is 11.8 Å². The average Bonchev–Trinajstić information content (AvgIpc) is 3.22. The summed E-state index contributed by atoms with van der Waals surface area (Å²) in [6.45, 7) is 6.66. The maximum Gasteiger partial charge on any atom is 0.192 e. The smallest absolute Gasteiger partial charge is 0.192 e. The highest BCUT2D eigenvalue weighted by Gasteiger charge is 2.31. The molecule has 1 saturated carbocycles. The molecule has 0 spiro atoms. The second-order valence-corrected chi connectivity index (χ2v) is 7.37. The van der Waals surface area contributed by atoms with E-state index >= 15 is 0 Å². The van der Waals surface area contributed by atoms with Gasteiger partial charge in [-0.2, -0.15) is 4.68 Å². The standard InChI is InChI=1S/C17H19N7S/c1-3-11-23-16(13-9-10-13)18-20-17(23)25-12(2)15-19-21-22-24(15)14-7-5-4-6-8-14/h3-8,12-13H,1,9-11H2,2H3. The molecule has 0 N–H and O–H groups in total. The predicted octanol–water partition coefficient (Wildman–Crippen LogP) is 3.17. The van der Waals surface area contributed by atoms with E-state index in [0.29, 0.717) is 5.92 Å². The number of allylic oxidation sites excluding steroid dienone is 1. The van der Waals surface area contributed by atoms with Crippen molar-refractivity contribution in [1.82, 2.24) is 35.0 Å². The Morgan fingerprint density at radius 2 is 2.04 bits per heavy atom. The zero-order chi connectivity index (χ0) is 17.2. The van der Waals surface area contributed by atoms with Crippen molar-refractivity contribution < 1.29 is 0 Å². The topological polar surface area (TPSA) is 74.3 Å². The van der Waals surface area contributed by atoms with Crippen LogP contribution in [0.3, 0.4) is 0 Å². The average molecular weight is 353 g/mol. The summed E-state index contributed by atoms with van der Waals surface area (Å²) in [5.74, 6) is 2.40. The molecule has 1 aromatic carbocycles. The van der Waals surface area contributed by atoms with E-state index in [1.165, 1.54) is 12.8 Å². The molecule has 0 radical (unpaired) electrons. The van der Waals surface area contributed by atoms with Crippen LogP contribution in [-0.2, 0) is 6.54 Å². The molecule has 128 valence electrons. The van der Waals surface area contributed by atoms with E-state index in [2.05, 4.69) is 43.8 Å². The van der Waals surface area contributed by atoms with Gasteiger partial charge in [0, 0.05) is 12.5 Å². The maximum atomic E-state index is 4.40. The normalized spacial score (nSPS) is 15.2. The fourth-order valence-electron chi connectivity index (χ4n) is 2.74. The zero-order valence-electron chi connectivity index (χ0n) is 14.0. The number of tetrazole rings is 1. The van der Waals surface area contributed by atoms with E-state index in [1.807, 2.05) is 36.4 Å². The third-order valence-corrected chi connectivity index (χ3v) is 5.22. The summed E-state index contributed by atoms with van der Waals surface area (Å²) in [6.07, 6.45) is 4.28. The summed E-state index contributed by atoms with van der Waals surface area (Å²) >= 11 is 1.62. The molecule has 1 aliphatic rings. The molecule has 2 aromatic heterocycles. The second kappa shape index (κ2) is 6.79. The summed E-state index contributed by atoms with van der Waals surface area (Å²) in [6, 6.07) is 9.90. The van der Waals surface area contributed by atoms with Crippen molar-refractivity contribution in [2.24, 2.45) is 0 Å². The number of hydrogen-bond donors (Lipinski definition) is 0. The van der Waals surface area contributed by atoms with E-state index in [9.17, 15) is 0 Å². The lowest BCUT2D eigenvalue weighted by Gasteiger charge is -2.12. The quantitative estimate of drug-likeness (QED) is 0.480. The fourth-order valence-corrected chi connectivity index (χ4v) is 3.69. The molecule has 8 heteroatoms. The molecule has 25 heavy (non-hydrogen) atoms. The van der Waals surface area contributed by atoms with Gasteiger partial charge in [-0.1, -0.05) is 36.0 Å². The Morgan fingerprint density at radius 1 is 1.24 bits per heavy atom. The lowest BCUT2D eigenvalue weighted by molar-refractivity contribution is 0.678. The van der Waals surface area contributed by atoms with Crippen LogP contribution < -0.4 is 0 Å². The predicted molar refractivity (Wildman–Crippen MR) is 95.6 cm³/mol. The van der Waals surface area contributed by atoms with Crippen LogP contribution in [0.25, 0.3) is 5.69 Å². The van der Waals surface area contributed by atoms with Crippen LogP contribution in [0.1, 0.15) is 42.6 Å². The number of benzene rings is 1. The first kappa shape index (κ1) is 16.0. The molecule has 0 aliphatic heterocycles. The van der Waals surface area contributed by atoms with E-state index in [1.54, 1.807) is 16.4 Å². The molecule has 7 nitrogen and oxygen atoms in total. The monoisotopic (exact) mass is 353 g/mol. The van der Waals surface area contributed by atoms with Crippen molar-refractivity contribution in [1.29, 1.82) is 0 Å². The molecule has 0 saturated heterocycles. The highest BCUT2D eigenvalue weighted by molar-refractivity contribution is 7.99. The Labute approximate surface area is 150 Å². The van der Waals surface area contributed by atoms with Crippen LogP contribution in [0.4, 0.5) is 0 Å². The molecule has 1 fully saturated rings. The Kier molecular flexibility index (Phi) is 4.35. The molecule has 0 amide bonds. The summed E-state index contributed by atoms with van der Waals surface area (Å²) in [5.41, 5.74) is 0.946. The van der Waals surface area contributed by atoms with Gasteiger partial charge in [0.1, 0.15) is 5.82 Å². The van der Waals surface area contributed by atoms with Gasteiger partial charge in [-0.15, -0.1) is 21.9 Å². The Bertz CT molecular complexity index is 866. The minimum atomic E-state index is 0.0371. The summed E-state index contributed by atoms with van der Waals surface area (Å²) in [7, 11) is 0. The minimum absolute atomic E-state index is 0.0371. The van der Waals surface area contributed by atoms with Gasteiger partial charge >= 0.3 is 0 Å². The molecule has 1 aliphatic carbocycles. The lowest BCUT2D eigenvalue weighted by atomic mass is 10.3. The summed E-state index contributed by atoms with van der Waals surface area (Å²) in [5, 5.41) is 21.9. The number of nitrogens with zero attached hydrogens (tertiary/aromatic N) is 7. The molecule has 1 atom stereocenters. The summed E-state index contributed by atoms with van der Waals surface area (Å²) < 4.78 is 3.93. The van der Waals surface area contributed by atoms with Crippen molar-refractivity contribution in [2.45, 2.75) is 42.6 Å². The molecular weight excluding hydrogens is 334 g/mol. The van der Waals surface area contributed by atoms with Gasteiger partial charge in [0.25, 0.3) is 0 Å². The second-order valence-electron chi connectivity index (χ2n) is 6.06. The van der Waals surface area contributed by atoms with Crippen LogP contribution in [0.15, 0.2) is 48.1 Å². The lowest BCUT2D eigenvalue weighted by Crippen LogP contribution is -2.07. The van der Waals surface area contributed by atoms with Crippen molar-refractivity contribution in [2.75, 3.05) is 0 Å². The number of rotatable bonds is 7. The summed E-state index contributed by atoms with van der Waals surface area (Å²) in [4.78, 5) is 0. The van der Waals surface area contributed by atoms with Gasteiger partial charge in [0.05, 0.1) is 10.9 Å². The van der Waals surface area contributed by atoms with Gasteiger partial charge < -0.3 is 4.57 Å². The van der Waals surface area contributed by atoms with Gasteiger partial charge in [0.2, 0.25) is 0 Å². The molecule has 2 heterocycles. The van der Waals surface area contributed by atoms with E-state index in [-0.39, 0.29) is 5.25 Å². The Balaban J connectivity index is 1.60. The van der Waals surface area contributed by atoms with Gasteiger partial charge in [-0.05, 0) is 42.3 Å². The minimum Gasteiger partial charge on any atom is -0.302 e. The molecule has 0 bridgehead atoms. The van der Waals surface area contributed by atoms with Gasteiger partial charge in [-0.3, -0.25) is 0 Å². The third-order valence-electron chi connectivity index (χ3n) is 4.14. The number of para-hydroxylation sites is 1. The molecule has 1 unspecified atom stereocenters. The first-order valence-electron chi connectivity index (χ1n) is 8.32. The van der Waals surface area contributed by atoms with E-state index in [4.69, 9.17) is 0 Å².